The van der Waals surface area contributed by atoms with Gasteiger partial charge in [-0.2, -0.15) is 0 Å². The van der Waals surface area contributed by atoms with E-state index >= 15 is 0 Å². The van der Waals surface area contributed by atoms with Gasteiger partial charge in [0.15, 0.2) is 5.69 Å². The smallest absolute Gasteiger partial charge is 0.354 e. The monoisotopic (exact) mass is 264 g/mol. The van der Waals surface area contributed by atoms with Gasteiger partial charge in [-0.25, -0.2) is 14.2 Å². The van der Waals surface area contributed by atoms with Crippen molar-refractivity contribution in [3.63, 3.8) is 0 Å². The van der Waals surface area contributed by atoms with Gasteiger partial charge in [0.1, 0.15) is 17.3 Å². The zero-order valence-electron chi connectivity index (χ0n) is 9.81. The van der Waals surface area contributed by atoms with Crippen LogP contribution in [0.2, 0.25) is 0 Å². The Bertz CT molecular complexity index is 651. The molecule has 0 unspecified atom stereocenters. The number of hydrogen-bond acceptors (Lipinski definition) is 4. The summed E-state index contributed by atoms with van der Waals surface area (Å²) in [4.78, 5) is 29.1. The third-order valence-corrected chi connectivity index (χ3v) is 2.47. The zero-order valence-corrected chi connectivity index (χ0v) is 9.81. The molecule has 0 saturated heterocycles. The van der Waals surface area contributed by atoms with Gasteiger partial charge in [0.25, 0.3) is 0 Å². The number of ether oxygens (including phenoxy) is 1. The van der Waals surface area contributed by atoms with Gasteiger partial charge in [0.05, 0.1) is 19.0 Å². The summed E-state index contributed by atoms with van der Waals surface area (Å²) in [5.41, 5.74) is -0.732. The van der Waals surface area contributed by atoms with Gasteiger partial charge < -0.3 is 14.8 Å². The number of rotatable bonds is 4. The highest BCUT2D eigenvalue weighted by Gasteiger charge is 2.23. The molecule has 98 valence electrons. The highest BCUT2D eigenvalue weighted by atomic mass is 19.1. The summed E-state index contributed by atoms with van der Waals surface area (Å²) < 4.78 is 18.1. The average Bonchev–Trinajstić information content (AvgIpc) is 2.87. The molecule has 0 aliphatic carbocycles. The Hall–Kier alpha value is -2.70. The fourth-order valence-electron chi connectivity index (χ4n) is 1.61. The van der Waals surface area contributed by atoms with E-state index in [1.807, 2.05) is 0 Å². The highest BCUT2D eigenvalue weighted by molar-refractivity contribution is 6.13. The quantitative estimate of drug-likeness (QED) is 0.816. The number of methoxy groups -OCH3 is 1. The van der Waals surface area contributed by atoms with Gasteiger partial charge in [-0.05, 0) is 18.2 Å². The SMILES string of the molecule is COc1ccc(F)cc1C(=O)c1nc[nH]c1C(=O)O. The summed E-state index contributed by atoms with van der Waals surface area (Å²) in [6.07, 6.45) is 1.09. The van der Waals surface area contributed by atoms with Crippen LogP contribution in [0, 0.1) is 5.82 Å². The predicted molar refractivity (Wildman–Crippen MR) is 61.9 cm³/mol. The molecule has 2 aromatic rings. The number of aromatic carboxylic acids is 1. The van der Waals surface area contributed by atoms with Crippen molar-refractivity contribution in [3.05, 3.63) is 47.3 Å². The first kappa shape index (κ1) is 12.7. The number of nitrogens with one attached hydrogen (secondary N) is 1. The van der Waals surface area contributed by atoms with Gasteiger partial charge in [-0.3, -0.25) is 4.79 Å². The lowest BCUT2D eigenvalue weighted by molar-refractivity contribution is 0.0687. The van der Waals surface area contributed by atoms with E-state index in [1.165, 1.54) is 13.2 Å². The first-order valence-corrected chi connectivity index (χ1v) is 5.19. The molecule has 0 bridgehead atoms. The molecule has 0 radical (unpaired) electrons. The molecule has 0 aliphatic rings. The first-order valence-electron chi connectivity index (χ1n) is 5.19. The van der Waals surface area contributed by atoms with Crippen molar-refractivity contribution in [1.29, 1.82) is 0 Å². The molecule has 0 spiro atoms. The molecular weight excluding hydrogens is 255 g/mol. The van der Waals surface area contributed by atoms with E-state index in [0.717, 1.165) is 18.5 Å². The molecule has 1 aromatic carbocycles. The number of halogens is 1. The van der Waals surface area contributed by atoms with Crippen molar-refractivity contribution < 1.29 is 23.8 Å². The van der Waals surface area contributed by atoms with Gasteiger partial charge in [-0.15, -0.1) is 0 Å². The van der Waals surface area contributed by atoms with Crippen LogP contribution in [0.4, 0.5) is 4.39 Å². The maximum absolute atomic E-state index is 13.2. The van der Waals surface area contributed by atoms with Gasteiger partial charge in [0.2, 0.25) is 5.78 Å². The summed E-state index contributed by atoms with van der Waals surface area (Å²) >= 11 is 0. The molecule has 1 aromatic heterocycles. The number of ketones is 1. The Balaban J connectivity index is 2.52. The average molecular weight is 264 g/mol. The summed E-state index contributed by atoms with van der Waals surface area (Å²) in [5, 5.41) is 8.90. The van der Waals surface area contributed by atoms with Gasteiger partial charge >= 0.3 is 5.97 Å². The number of imidazole rings is 1. The second-order valence-electron chi connectivity index (χ2n) is 3.61. The van der Waals surface area contributed by atoms with Crippen molar-refractivity contribution in [2.24, 2.45) is 0 Å². The summed E-state index contributed by atoms with van der Waals surface area (Å²) in [6.45, 7) is 0. The third kappa shape index (κ3) is 2.30. The zero-order chi connectivity index (χ0) is 14.0. The number of H-pyrrole nitrogens is 1. The summed E-state index contributed by atoms with van der Waals surface area (Å²) in [5.74, 6) is -2.53. The van der Waals surface area contributed by atoms with Crippen LogP contribution in [0.5, 0.6) is 5.75 Å². The fourth-order valence-corrected chi connectivity index (χ4v) is 1.61. The predicted octanol–water partition coefficient (Wildman–Crippen LogP) is 1.49. The maximum Gasteiger partial charge on any atom is 0.354 e. The van der Waals surface area contributed by atoms with Crippen molar-refractivity contribution >= 4 is 11.8 Å². The summed E-state index contributed by atoms with van der Waals surface area (Å²) in [6, 6.07) is 3.40. The Morgan fingerprint density at radius 1 is 1.42 bits per heavy atom. The third-order valence-electron chi connectivity index (χ3n) is 2.47. The van der Waals surface area contributed by atoms with E-state index in [4.69, 9.17) is 9.84 Å². The molecule has 7 heteroatoms. The molecule has 0 amide bonds. The van der Waals surface area contributed by atoms with Crippen molar-refractivity contribution in [3.8, 4) is 5.75 Å². The van der Waals surface area contributed by atoms with E-state index in [9.17, 15) is 14.0 Å². The van der Waals surface area contributed by atoms with Crippen molar-refractivity contribution in [2.45, 2.75) is 0 Å². The molecule has 0 saturated carbocycles. The molecule has 0 atom stereocenters. The molecule has 6 nitrogen and oxygen atoms in total. The Morgan fingerprint density at radius 2 is 2.16 bits per heavy atom. The van der Waals surface area contributed by atoms with Crippen LogP contribution in [-0.2, 0) is 0 Å². The number of carboxylic acid groups (broad SMARTS) is 1. The van der Waals surface area contributed by atoms with Crippen LogP contribution in [0.1, 0.15) is 26.5 Å². The van der Waals surface area contributed by atoms with Crippen LogP contribution < -0.4 is 4.74 Å². The lowest BCUT2D eigenvalue weighted by Crippen LogP contribution is -2.11. The van der Waals surface area contributed by atoms with E-state index in [1.54, 1.807) is 0 Å². The second kappa shape index (κ2) is 4.89. The second-order valence-corrected chi connectivity index (χ2v) is 3.61. The lowest BCUT2D eigenvalue weighted by Gasteiger charge is -2.06. The number of benzene rings is 1. The molecule has 0 fully saturated rings. The molecule has 19 heavy (non-hydrogen) atoms. The number of hydrogen-bond donors (Lipinski definition) is 2. The number of carbonyl (C=O) groups is 2. The van der Waals surface area contributed by atoms with Crippen LogP contribution in [0.15, 0.2) is 24.5 Å². The number of carboxylic acids is 1. The number of nitrogens with zero attached hydrogens (tertiary/aromatic N) is 1. The molecule has 2 N–H and O–H groups in total. The van der Waals surface area contributed by atoms with Crippen LogP contribution in [0.25, 0.3) is 0 Å². The van der Waals surface area contributed by atoms with E-state index in [0.29, 0.717) is 0 Å². The van der Waals surface area contributed by atoms with Crippen molar-refractivity contribution in [2.75, 3.05) is 7.11 Å². The Labute approximate surface area is 106 Å². The standard InChI is InChI=1S/C12H9FN2O4/c1-19-8-3-2-6(13)4-7(8)11(16)9-10(12(17)18)15-5-14-9/h2-5H,1H3,(H,14,15)(H,17,18). The molecule has 2 rings (SSSR count). The van der Waals surface area contributed by atoms with Crippen LogP contribution in [0.3, 0.4) is 0 Å². The first-order chi connectivity index (χ1) is 9.04. The Morgan fingerprint density at radius 3 is 2.79 bits per heavy atom. The molecule has 0 aliphatic heterocycles. The van der Waals surface area contributed by atoms with Gasteiger partial charge in [-0.1, -0.05) is 0 Å². The normalized spacial score (nSPS) is 10.2. The molecule has 1 heterocycles. The topological polar surface area (TPSA) is 92.3 Å². The minimum atomic E-state index is -1.32. The minimum Gasteiger partial charge on any atom is -0.496 e. The largest absolute Gasteiger partial charge is 0.496 e. The number of aromatic nitrogens is 2. The summed E-state index contributed by atoms with van der Waals surface area (Å²) in [7, 11) is 1.33. The van der Waals surface area contributed by atoms with Crippen LogP contribution in [-0.4, -0.2) is 33.9 Å². The molecular formula is C12H9FN2O4. The van der Waals surface area contributed by atoms with E-state index < -0.39 is 17.6 Å². The van der Waals surface area contributed by atoms with E-state index in [-0.39, 0.29) is 22.7 Å². The maximum atomic E-state index is 13.2. The minimum absolute atomic E-state index is 0.0860. The Kier molecular flexibility index (Phi) is 3.28. The lowest BCUT2D eigenvalue weighted by atomic mass is 10.1. The number of aromatic amines is 1. The highest BCUT2D eigenvalue weighted by Crippen LogP contribution is 2.23. The fraction of sp³-hybridized carbons (Fsp3) is 0.0833. The number of carbonyl (C=O) groups excluding carboxylic acids is 1. The van der Waals surface area contributed by atoms with Crippen LogP contribution >= 0.6 is 0 Å². The van der Waals surface area contributed by atoms with Crippen molar-refractivity contribution in [1.82, 2.24) is 9.97 Å². The van der Waals surface area contributed by atoms with Gasteiger partial charge in [0, 0.05) is 0 Å². The van der Waals surface area contributed by atoms with E-state index in [2.05, 4.69) is 9.97 Å².